The Balaban J connectivity index is 1.90. The van der Waals surface area contributed by atoms with Gasteiger partial charge < -0.3 is 0 Å². The van der Waals surface area contributed by atoms with E-state index in [0.717, 1.165) is 0 Å². The minimum atomic E-state index is -1.43. The molecular formula is C27H29Si. The number of hydrogen-bond acceptors (Lipinski definition) is 0. The van der Waals surface area contributed by atoms with Crippen molar-refractivity contribution in [2.24, 2.45) is 0 Å². The van der Waals surface area contributed by atoms with Crippen molar-refractivity contribution in [3.63, 3.8) is 0 Å². The van der Waals surface area contributed by atoms with Gasteiger partial charge in [-0.15, -0.1) is 0 Å². The average molecular weight is 382 g/mol. The molecule has 0 spiro atoms. The molecular weight excluding hydrogens is 352 g/mol. The molecule has 1 radical (unpaired) electrons. The third-order valence-corrected chi connectivity index (χ3v) is 9.99. The quantitative estimate of drug-likeness (QED) is 0.465. The number of hydrogen-bond donors (Lipinski definition) is 0. The summed E-state index contributed by atoms with van der Waals surface area (Å²) in [6.07, 6.45) is 4.83. The van der Waals surface area contributed by atoms with Crippen LogP contribution in [-0.2, 0) is 0 Å². The molecule has 141 valence electrons. The summed E-state index contributed by atoms with van der Waals surface area (Å²) < 4.78 is 0. The van der Waals surface area contributed by atoms with E-state index in [9.17, 15) is 0 Å². The predicted molar refractivity (Wildman–Crippen MR) is 127 cm³/mol. The maximum Gasteiger partial charge on any atom is 0.113 e. The molecule has 0 nitrogen and oxygen atoms in total. The van der Waals surface area contributed by atoms with Gasteiger partial charge in [-0.1, -0.05) is 94.5 Å². The lowest BCUT2D eigenvalue weighted by molar-refractivity contribution is 0.865. The standard InChI is InChI=1S/C27H29Si/c1-16(2)21-12-9-13-22-25(21)24(20-14-18-10-7-8-11-19(18)15-20)23(17(3)4)27-26(22)28(27,5)6/h7-17H,1-6H3. The van der Waals surface area contributed by atoms with E-state index in [1.165, 1.54) is 38.6 Å². The number of rotatable bonds is 3. The Hall–Kier alpha value is -2.12. The molecule has 3 aromatic rings. The largest absolute Gasteiger partial charge is 0.113 e. The fourth-order valence-electron chi connectivity index (χ4n) is 5.38. The molecule has 0 N–H and O–H groups in total. The van der Waals surface area contributed by atoms with Crippen LogP contribution in [0.15, 0.2) is 42.5 Å². The van der Waals surface area contributed by atoms with Crippen LogP contribution in [0.4, 0.5) is 0 Å². The summed E-state index contributed by atoms with van der Waals surface area (Å²) in [5, 5.41) is 6.50. The summed E-state index contributed by atoms with van der Waals surface area (Å²) >= 11 is 0. The molecule has 0 atom stereocenters. The minimum Gasteiger partial charge on any atom is -0.0619 e. The zero-order valence-electron chi connectivity index (χ0n) is 17.9. The van der Waals surface area contributed by atoms with Crippen LogP contribution in [0.2, 0.25) is 13.1 Å². The molecule has 0 amide bonds. The fourth-order valence-corrected chi connectivity index (χ4v) is 9.31. The highest BCUT2D eigenvalue weighted by atomic mass is 28.3. The highest BCUT2D eigenvalue weighted by Gasteiger charge is 2.49. The smallest absolute Gasteiger partial charge is 0.0619 e. The van der Waals surface area contributed by atoms with Crippen LogP contribution in [0, 0.1) is 6.42 Å². The molecule has 1 aliphatic carbocycles. The highest BCUT2D eigenvalue weighted by Crippen LogP contribution is 2.44. The Morgan fingerprint density at radius 1 is 0.750 bits per heavy atom. The van der Waals surface area contributed by atoms with Crippen LogP contribution >= 0.6 is 0 Å². The molecule has 1 heteroatoms. The van der Waals surface area contributed by atoms with E-state index in [1.807, 2.05) is 0 Å². The first-order chi connectivity index (χ1) is 13.3. The summed E-state index contributed by atoms with van der Waals surface area (Å²) in [4.78, 5) is 0. The van der Waals surface area contributed by atoms with Crippen molar-refractivity contribution in [2.75, 3.05) is 0 Å². The zero-order valence-corrected chi connectivity index (χ0v) is 18.9. The second-order valence-corrected chi connectivity index (χ2v) is 13.9. The van der Waals surface area contributed by atoms with Gasteiger partial charge in [0.05, 0.1) is 0 Å². The fraction of sp³-hybridized carbons (Fsp3) is 0.296. The predicted octanol–water partition coefficient (Wildman–Crippen LogP) is 6.33. The van der Waals surface area contributed by atoms with Gasteiger partial charge in [0, 0.05) is 6.42 Å². The Bertz CT molecular complexity index is 1160. The van der Waals surface area contributed by atoms with Gasteiger partial charge in [-0.3, -0.25) is 0 Å². The van der Waals surface area contributed by atoms with Crippen LogP contribution in [0.5, 0.6) is 0 Å². The van der Waals surface area contributed by atoms with Gasteiger partial charge in [0.15, 0.2) is 0 Å². The van der Waals surface area contributed by atoms with E-state index in [-0.39, 0.29) is 0 Å². The molecule has 1 heterocycles. The summed E-state index contributed by atoms with van der Waals surface area (Å²) in [6.45, 7) is 14.5. The van der Waals surface area contributed by atoms with Crippen molar-refractivity contribution in [3.8, 4) is 0 Å². The SMILES string of the molecule is CC(C)c1c2c(c3cccc(C(C)C)c3c1C1=Cc3ccccc3[CH]1)[Si]2(C)C. The van der Waals surface area contributed by atoms with Crippen LogP contribution in [-0.4, -0.2) is 8.07 Å². The van der Waals surface area contributed by atoms with E-state index in [1.54, 1.807) is 15.9 Å². The summed E-state index contributed by atoms with van der Waals surface area (Å²) in [5.41, 5.74) is 8.75. The lowest BCUT2D eigenvalue weighted by Gasteiger charge is -2.21. The van der Waals surface area contributed by atoms with Crippen molar-refractivity contribution in [3.05, 3.63) is 76.7 Å². The Labute approximate surface area is 170 Å². The summed E-state index contributed by atoms with van der Waals surface area (Å²) in [6, 6.07) is 15.8. The van der Waals surface area contributed by atoms with Crippen molar-refractivity contribution in [1.82, 2.24) is 0 Å². The van der Waals surface area contributed by atoms with Crippen LogP contribution in [0.1, 0.15) is 67.3 Å². The van der Waals surface area contributed by atoms with Gasteiger partial charge in [0.25, 0.3) is 0 Å². The lowest BCUT2D eigenvalue weighted by atomic mass is 9.83. The maximum absolute atomic E-state index is 2.54. The molecule has 0 saturated heterocycles. The molecule has 3 aromatic carbocycles. The van der Waals surface area contributed by atoms with E-state index in [4.69, 9.17) is 0 Å². The van der Waals surface area contributed by atoms with Gasteiger partial charge in [-0.25, -0.2) is 0 Å². The van der Waals surface area contributed by atoms with E-state index in [0.29, 0.717) is 11.8 Å². The van der Waals surface area contributed by atoms with Crippen LogP contribution in [0.3, 0.4) is 0 Å². The Kier molecular flexibility index (Phi) is 3.80. The van der Waals surface area contributed by atoms with Crippen molar-refractivity contribution < 1.29 is 0 Å². The normalized spacial score (nSPS) is 16.5. The van der Waals surface area contributed by atoms with Gasteiger partial charge >= 0.3 is 0 Å². The molecule has 2 aliphatic rings. The van der Waals surface area contributed by atoms with Gasteiger partial charge in [0.1, 0.15) is 8.07 Å². The Morgan fingerprint density at radius 3 is 2.11 bits per heavy atom. The monoisotopic (exact) mass is 381 g/mol. The number of allylic oxidation sites excluding steroid dienone is 1. The molecule has 0 fully saturated rings. The molecule has 0 bridgehead atoms. The van der Waals surface area contributed by atoms with Crippen molar-refractivity contribution in [2.45, 2.75) is 52.6 Å². The first kappa shape index (κ1) is 17.9. The number of fused-ring (bicyclic) bond motifs is 4. The summed E-state index contributed by atoms with van der Waals surface area (Å²) in [7, 11) is -1.43. The summed E-state index contributed by atoms with van der Waals surface area (Å²) in [5.74, 6) is 1.06. The minimum absolute atomic E-state index is 0.522. The first-order valence-corrected chi connectivity index (χ1v) is 13.6. The molecule has 5 rings (SSSR count). The van der Waals surface area contributed by atoms with Crippen LogP contribution < -0.4 is 10.4 Å². The van der Waals surface area contributed by atoms with Gasteiger partial charge in [-0.05, 0) is 61.2 Å². The third-order valence-electron chi connectivity index (χ3n) is 6.70. The molecule has 0 aromatic heterocycles. The van der Waals surface area contributed by atoms with Crippen molar-refractivity contribution in [1.29, 1.82) is 0 Å². The molecule has 0 unspecified atom stereocenters. The Morgan fingerprint density at radius 2 is 1.46 bits per heavy atom. The first-order valence-electron chi connectivity index (χ1n) is 10.6. The second kappa shape index (κ2) is 5.94. The zero-order chi connectivity index (χ0) is 19.8. The lowest BCUT2D eigenvalue weighted by Crippen LogP contribution is -2.20. The van der Waals surface area contributed by atoms with Gasteiger partial charge in [0.2, 0.25) is 0 Å². The number of benzene rings is 3. The third kappa shape index (κ3) is 2.35. The topological polar surface area (TPSA) is 0 Å². The average Bonchev–Trinajstić information content (AvgIpc) is 3.01. The van der Waals surface area contributed by atoms with Gasteiger partial charge in [-0.2, -0.15) is 0 Å². The maximum atomic E-state index is 2.54. The van der Waals surface area contributed by atoms with Crippen LogP contribution in [0.25, 0.3) is 22.4 Å². The molecule has 0 saturated carbocycles. The van der Waals surface area contributed by atoms with Crippen molar-refractivity contribution >= 4 is 40.9 Å². The van der Waals surface area contributed by atoms with E-state index in [2.05, 4.69) is 95.8 Å². The molecule has 28 heavy (non-hydrogen) atoms. The van der Waals surface area contributed by atoms with E-state index < -0.39 is 8.07 Å². The van der Waals surface area contributed by atoms with E-state index >= 15 is 0 Å². The highest BCUT2D eigenvalue weighted by molar-refractivity contribution is 7.17. The second-order valence-electron chi connectivity index (χ2n) is 9.62. The molecule has 1 aliphatic heterocycles.